The van der Waals surface area contributed by atoms with Crippen molar-refractivity contribution in [3.63, 3.8) is 0 Å². The molecule has 3 saturated heterocycles. The predicted octanol–water partition coefficient (Wildman–Crippen LogP) is 0.662. The second-order valence-corrected chi connectivity index (χ2v) is 5.37. The molecule has 4 rings (SSSR count). The fourth-order valence-corrected chi connectivity index (χ4v) is 3.02. The van der Waals surface area contributed by atoms with Gasteiger partial charge in [0.05, 0.1) is 25.3 Å². The topological polar surface area (TPSA) is 28.6 Å². The molecule has 0 amide bonds. The SMILES string of the molecule is Cc1ccc(N2CC3[C@@H]2CN3C2COC2)nc1. The molecule has 0 aromatic carbocycles. The van der Waals surface area contributed by atoms with E-state index >= 15 is 0 Å². The second-order valence-electron chi connectivity index (χ2n) is 5.37. The van der Waals surface area contributed by atoms with Gasteiger partial charge in [-0.25, -0.2) is 4.98 Å². The molecule has 1 unspecified atom stereocenters. The number of pyridine rings is 1. The van der Waals surface area contributed by atoms with Gasteiger partial charge in [-0.2, -0.15) is 0 Å². The molecule has 0 N–H and O–H groups in total. The lowest BCUT2D eigenvalue weighted by Gasteiger charge is -2.65. The van der Waals surface area contributed by atoms with Crippen molar-refractivity contribution in [2.75, 3.05) is 31.2 Å². The van der Waals surface area contributed by atoms with Gasteiger partial charge in [-0.15, -0.1) is 0 Å². The number of ether oxygens (including phenoxy) is 1. The summed E-state index contributed by atoms with van der Waals surface area (Å²) >= 11 is 0. The molecule has 4 heteroatoms. The van der Waals surface area contributed by atoms with Crippen LogP contribution in [-0.2, 0) is 4.74 Å². The highest BCUT2D eigenvalue weighted by Crippen LogP contribution is 2.38. The van der Waals surface area contributed by atoms with Crippen LogP contribution < -0.4 is 4.90 Å². The van der Waals surface area contributed by atoms with Gasteiger partial charge >= 0.3 is 0 Å². The van der Waals surface area contributed by atoms with Gasteiger partial charge in [0.2, 0.25) is 0 Å². The average Bonchev–Trinajstić information content (AvgIpc) is 2.24. The molecule has 4 heterocycles. The Kier molecular flexibility index (Phi) is 1.99. The van der Waals surface area contributed by atoms with Crippen LogP contribution in [0.1, 0.15) is 5.56 Å². The van der Waals surface area contributed by atoms with Crippen molar-refractivity contribution < 1.29 is 4.74 Å². The number of likely N-dealkylation sites (tertiary alicyclic amines) is 1. The second kappa shape index (κ2) is 3.43. The van der Waals surface area contributed by atoms with Crippen LogP contribution in [-0.4, -0.2) is 54.3 Å². The Morgan fingerprint density at radius 1 is 1.24 bits per heavy atom. The molecular formula is C13H17N3O. The smallest absolute Gasteiger partial charge is 0.128 e. The van der Waals surface area contributed by atoms with E-state index in [1.54, 1.807) is 0 Å². The summed E-state index contributed by atoms with van der Waals surface area (Å²) in [6.45, 7) is 6.28. The minimum Gasteiger partial charge on any atom is -0.378 e. The van der Waals surface area contributed by atoms with Crippen LogP contribution in [0.4, 0.5) is 5.82 Å². The lowest BCUT2D eigenvalue weighted by atomic mass is 9.83. The fourth-order valence-electron chi connectivity index (χ4n) is 3.02. The number of aromatic nitrogens is 1. The first-order valence-corrected chi connectivity index (χ1v) is 6.36. The van der Waals surface area contributed by atoms with Crippen molar-refractivity contribution in [2.45, 2.75) is 25.0 Å². The third kappa shape index (κ3) is 1.34. The fraction of sp³-hybridized carbons (Fsp3) is 0.615. The summed E-state index contributed by atoms with van der Waals surface area (Å²) in [7, 11) is 0. The van der Waals surface area contributed by atoms with Gasteiger partial charge in [0.25, 0.3) is 0 Å². The first kappa shape index (κ1) is 9.85. The van der Waals surface area contributed by atoms with Crippen molar-refractivity contribution in [3.8, 4) is 0 Å². The molecule has 3 fully saturated rings. The molecule has 0 bridgehead atoms. The molecule has 90 valence electrons. The van der Waals surface area contributed by atoms with E-state index in [-0.39, 0.29) is 0 Å². The first-order chi connectivity index (χ1) is 8.33. The van der Waals surface area contributed by atoms with Crippen LogP contribution >= 0.6 is 0 Å². The Labute approximate surface area is 101 Å². The van der Waals surface area contributed by atoms with E-state index in [9.17, 15) is 0 Å². The quantitative estimate of drug-likeness (QED) is 0.747. The van der Waals surface area contributed by atoms with Crippen LogP contribution in [0.2, 0.25) is 0 Å². The van der Waals surface area contributed by atoms with E-state index in [1.165, 1.54) is 12.1 Å². The summed E-state index contributed by atoms with van der Waals surface area (Å²) < 4.78 is 5.26. The van der Waals surface area contributed by atoms with E-state index in [0.29, 0.717) is 12.1 Å². The predicted molar refractivity (Wildman–Crippen MR) is 65.2 cm³/mol. The Morgan fingerprint density at radius 3 is 2.65 bits per heavy atom. The third-order valence-electron chi connectivity index (χ3n) is 4.33. The number of anilines is 1. The molecule has 4 nitrogen and oxygen atoms in total. The monoisotopic (exact) mass is 231 g/mol. The Balaban J connectivity index is 1.42. The zero-order valence-corrected chi connectivity index (χ0v) is 10.0. The van der Waals surface area contributed by atoms with Gasteiger partial charge in [-0.05, 0) is 18.6 Å². The van der Waals surface area contributed by atoms with Gasteiger partial charge in [-0.3, -0.25) is 4.90 Å². The van der Waals surface area contributed by atoms with Crippen LogP contribution in [0.3, 0.4) is 0 Å². The van der Waals surface area contributed by atoms with Crippen molar-refractivity contribution in [3.05, 3.63) is 23.9 Å². The molecule has 3 aliphatic rings. The molecule has 17 heavy (non-hydrogen) atoms. The lowest BCUT2D eigenvalue weighted by Crippen LogP contribution is -2.82. The van der Waals surface area contributed by atoms with Crippen LogP contribution in [0.5, 0.6) is 0 Å². The van der Waals surface area contributed by atoms with E-state index in [0.717, 1.165) is 31.6 Å². The number of hydrogen-bond acceptors (Lipinski definition) is 4. The number of hydrogen-bond donors (Lipinski definition) is 0. The summed E-state index contributed by atoms with van der Waals surface area (Å²) in [5.74, 6) is 1.14. The molecule has 0 spiro atoms. The maximum Gasteiger partial charge on any atom is 0.128 e. The molecule has 1 aromatic heterocycles. The minimum absolute atomic E-state index is 0.698. The highest BCUT2D eigenvalue weighted by atomic mass is 16.5. The minimum atomic E-state index is 0.698. The molecule has 0 radical (unpaired) electrons. The summed E-state index contributed by atoms with van der Waals surface area (Å²) in [6, 6.07) is 6.44. The van der Waals surface area contributed by atoms with Gasteiger partial charge in [0, 0.05) is 25.3 Å². The number of rotatable bonds is 2. The van der Waals surface area contributed by atoms with Crippen molar-refractivity contribution in [1.82, 2.24) is 9.88 Å². The standard InChI is InChI=1S/C13H17N3O/c1-9-2-3-13(14-4-9)16-6-11-12(16)5-15(11)10-7-17-8-10/h2-4,10-12H,5-8H2,1H3/t11?,12-/m0/s1. The normalized spacial score (nSPS) is 32.4. The maximum absolute atomic E-state index is 5.26. The maximum atomic E-state index is 5.26. The van der Waals surface area contributed by atoms with Gasteiger partial charge in [0.1, 0.15) is 5.82 Å². The van der Waals surface area contributed by atoms with Crippen LogP contribution in [0.25, 0.3) is 0 Å². The van der Waals surface area contributed by atoms with Gasteiger partial charge in [-0.1, -0.05) is 6.07 Å². The molecule has 3 aliphatic heterocycles. The first-order valence-electron chi connectivity index (χ1n) is 6.36. The Hall–Kier alpha value is -1.13. The lowest BCUT2D eigenvalue weighted by molar-refractivity contribution is -0.132. The third-order valence-corrected chi connectivity index (χ3v) is 4.33. The summed E-state index contributed by atoms with van der Waals surface area (Å²) in [5.41, 5.74) is 1.23. The molecule has 1 aromatic rings. The van der Waals surface area contributed by atoms with E-state index < -0.39 is 0 Å². The Bertz CT molecular complexity index is 429. The highest BCUT2D eigenvalue weighted by molar-refractivity contribution is 5.48. The molecule has 0 saturated carbocycles. The zero-order valence-electron chi connectivity index (χ0n) is 10.0. The summed E-state index contributed by atoms with van der Waals surface area (Å²) in [5, 5.41) is 0. The largest absolute Gasteiger partial charge is 0.378 e. The summed E-state index contributed by atoms with van der Waals surface area (Å²) in [6.07, 6.45) is 1.96. The van der Waals surface area contributed by atoms with Gasteiger partial charge < -0.3 is 9.64 Å². The zero-order chi connectivity index (χ0) is 11.4. The molecular weight excluding hydrogens is 214 g/mol. The highest BCUT2D eigenvalue weighted by Gasteiger charge is 2.54. The van der Waals surface area contributed by atoms with Gasteiger partial charge in [0.15, 0.2) is 0 Å². The average molecular weight is 231 g/mol. The summed E-state index contributed by atoms with van der Waals surface area (Å²) in [4.78, 5) is 9.53. The van der Waals surface area contributed by atoms with Crippen molar-refractivity contribution >= 4 is 5.82 Å². The number of fused-ring (bicyclic) bond motifs is 1. The molecule has 0 aliphatic carbocycles. The van der Waals surface area contributed by atoms with Crippen molar-refractivity contribution in [2.24, 2.45) is 0 Å². The van der Waals surface area contributed by atoms with E-state index in [2.05, 4.69) is 33.8 Å². The Morgan fingerprint density at radius 2 is 2.12 bits per heavy atom. The number of nitrogens with zero attached hydrogens (tertiary/aromatic N) is 3. The van der Waals surface area contributed by atoms with E-state index in [1.807, 2.05) is 6.20 Å². The van der Waals surface area contributed by atoms with Crippen LogP contribution in [0.15, 0.2) is 18.3 Å². The number of aryl methyl sites for hydroxylation is 1. The van der Waals surface area contributed by atoms with E-state index in [4.69, 9.17) is 4.74 Å². The molecule has 2 atom stereocenters. The van der Waals surface area contributed by atoms with Crippen molar-refractivity contribution in [1.29, 1.82) is 0 Å². The number of piperazine rings is 1. The van der Waals surface area contributed by atoms with Crippen LogP contribution in [0, 0.1) is 6.92 Å².